The van der Waals surface area contributed by atoms with Crippen molar-refractivity contribution in [3.05, 3.63) is 59.8 Å². The summed E-state index contributed by atoms with van der Waals surface area (Å²) in [5.41, 5.74) is 0. The number of fused-ring (bicyclic) bond motifs is 1. The van der Waals surface area contributed by atoms with Crippen molar-refractivity contribution in [2.75, 3.05) is 13.2 Å². The fourth-order valence-electron chi connectivity index (χ4n) is 1.96. The first kappa shape index (κ1) is 13.6. The van der Waals surface area contributed by atoms with Crippen LogP contribution in [0.1, 0.15) is 0 Å². The van der Waals surface area contributed by atoms with E-state index in [1.165, 1.54) is 0 Å². The van der Waals surface area contributed by atoms with E-state index in [1.807, 2.05) is 36.4 Å². The molecule has 2 aromatic carbocycles. The summed E-state index contributed by atoms with van der Waals surface area (Å²) in [6.07, 6.45) is 1.71. The van der Waals surface area contributed by atoms with E-state index in [2.05, 4.69) is 10.2 Å². The number of halogens is 1. The van der Waals surface area contributed by atoms with Crippen LogP contribution in [0.2, 0.25) is 5.02 Å². The van der Waals surface area contributed by atoms with Crippen molar-refractivity contribution in [3.8, 4) is 11.6 Å². The van der Waals surface area contributed by atoms with Gasteiger partial charge in [-0.3, -0.25) is 0 Å². The van der Waals surface area contributed by atoms with Gasteiger partial charge in [0.1, 0.15) is 19.0 Å². The molecule has 0 aliphatic rings. The predicted octanol–water partition coefficient (Wildman–Crippen LogP) is 3.74. The molecule has 106 valence electrons. The van der Waals surface area contributed by atoms with E-state index < -0.39 is 0 Å². The van der Waals surface area contributed by atoms with E-state index in [-0.39, 0.29) is 0 Å². The molecule has 0 saturated heterocycles. The van der Waals surface area contributed by atoms with Gasteiger partial charge < -0.3 is 9.47 Å². The molecule has 0 radical (unpaired) electrons. The Kier molecular flexibility index (Phi) is 4.17. The first-order chi connectivity index (χ1) is 10.3. The van der Waals surface area contributed by atoms with Crippen LogP contribution in [0.25, 0.3) is 10.8 Å². The molecule has 0 aliphatic heterocycles. The van der Waals surface area contributed by atoms with Gasteiger partial charge in [-0.1, -0.05) is 35.9 Å². The van der Waals surface area contributed by atoms with Crippen molar-refractivity contribution in [3.63, 3.8) is 0 Å². The molecule has 0 bridgehead atoms. The van der Waals surface area contributed by atoms with Gasteiger partial charge in [0.2, 0.25) is 5.88 Å². The molecule has 0 unspecified atom stereocenters. The Morgan fingerprint density at radius 3 is 2.71 bits per heavy atom. The van der Waals surface area contributed by atoms with Crippen molar-refractivity contribution >= 4 is 22.4 Å². The molecule has 0 saturated carbocycles. The first-order valence-electron chi connectivity index (χ1n) is 6.54. The fraction of sp³-hybridized carbons (Fsp3) is 0.125. The SMILES string of the molecule is Clc1cccc(OCCOc2nncc3ccccc23)c1. The van der Waals surface area contributed by atoms with Crippen molar-refractivity contribution in [2.45, 2.75) is 0 Å². The van der Waals surface area contributed by atoms with Gasteiger partial charge in [-0.15, -0.1) is 5.10 Å². The lowest BCUT2D eigenvalue weighted by atomic mass is 10.2. The third-order valence-corrected chi connectivity index (χ3v) is 3.16. The van der Waals surface area contributed by atoms with Crippen LogP contribution in [0.5, 0.6) is 11.6 Å². The lowest BCUT2D eigenvalue weighted by Gasteiger charge is -2.09. The van der Waals surface area contributed by atoms with E-state index in [4.69, 9.17) is 21.1 Å². The zero-order valence-corrected chi connectivity index (χ0v) is 12.0. The third-order valence-electron chi connectivity index (χ3n) is 2.92. The monoisotopic (exact) mass is 300 g/mol. The van der Waals surface area contributed by atoms with Crippen LogP contribution in [0.15, 0.2) is 54.7 Å². The molecule has 0 fully saturated rings. The minimum Gasteiger partial charge on any atom is -0.490 e. The maximum atomic E-state index is 5.89. The Balaban J connectivity index is 1.60. The average Bonchev–Trinajstić information content (AvgIpc) is 2.52. The highest BCUT2D eigenvalue weighted by Crippen LogP contribution is 2.21. The normalized spacial score (nSPS) is 10.5. The molecular formula is C16H13ClN2O2. The number of rotatable bonds is 5. The predicted molar refractivity (Wildman–Crippen MR) is 82.0 cm³/mol. The molecule has 0 spiro atoms. The van der Waals surface area contributed by atoms with Crippen molar-refractivity contribution in [2.24, 2.45) is 0 Å². The molecular weight excluding hydrogens is 288 g/mol. The van der Waals surface area contributed by atoms with Gasteiger partial charge >= 0.3 is 0 Å². The van der Waals surface area contributed by atoms with Gasteiger partial charge in [-0.2, -0.15) is 5.10 Å². The summed E-state index contributed by atoms with van der Waals surface area (Å²) < 4.78 is 11.2. The van der Waals surface area contributed by atoms with E-state index in [1.54, 1.807) is 18.3 Å². The summed E-state index contributed by atoms with van der Waals surface area (Å²) in [5.74, 6) is 1.23. The number of ether oxygens (including phenoxy) is 2. The minimum atomic E-state index is 0.384. The van der Waals surface area contributed by atoms with Crippen LogP contribution in [-0.2, 0) is 0 Å². The summed E-state index contributed by atoms with van der Waals surface area (Å²) in [5, 5.41) is 10.5. The summed E-state index contributed by atoms with van der Waals surface area (Å²) >= 11 is 5.89. The Hall–Kier alpha value is -2.33. The first-order valence-corrected chi connectivity index (χ1v) is 6.92. The van der Waals surface area contributed by atoms with Crippen molar-refractivity contribution in [1.82, 2.24) is 10.2 Å². The van der Waals surface area contributed by atoms with Crippen LogP contribution in [0, 0.1) is 0 Å². The third kappa shape index (κ3) is 3.41. The Morgan fingerprint density at radius 2 is 1.81 bits per heavy atom. The second-order valence-corrected chi connectivity index (χ2v) is 4.83. The van der Waals surface area contributed by atoms with E-state index in [0.717, 1.165) is 16.5 Å². The molecule has 0 atom stereocenters. The van der Waals surface area contributed by atoms with Crippen molar-refractivity contribution in [1.29, 1.82) is 0 Å². The molecule has 4 nitrogen and oxygen atoms in total. The zero-order valence-electron chi connectivity index (χ0n) is 11.2. The van der Waals surface area contributed by atoms with E-state index in [0.29, 0.717) is 24.1 Å². The zero-order chi connectivity index (χ0) is 14.5. The number of nitrogens with zero attached hydrogens (tertiary/aromatic N) is 2. The van der Waals surface area contributed by atoms with Gasteiger partial charge in [-0.25, -0.2) is 0 Å². The van der Waals surface area contributed by atoms with Crippen LogP contribution < -0.4 is 9.47 Å². The average molecular weight is 301 g/mol. The molecule has 0 amide bonds. The maximum Gasteiger partial charge on any atom is 0.241 e. The molecule has 1 heterocycles. The number of benzene rings is 2. The van der Waals surface area contributed by atoms with Crippen LogP contribution in [0.4, 0.5) is 0 Å². The van der Waals surface area contributed by atoms with E-state index in [9.17, 15) is 0 Å². The smallest absolute Gasteiger partial charge is 0.241 e. The number of hydrogen-bond acceptors (Lipinski definition) is 4. The standard InChI is InChI=1S/C16H13ClN2O2/c17-13-5-3-6-14(10-13)20-8-9-21-16-15-7-2-1-4-12(15)11-18-19-16/h1-7,10-11H,8-9H2. The van der Waals surface area contributed by atoms with Crippen molar-refractivity contribution < 1.29 is 9.47 Å². The quantitative estimate of drug-likeness (QED) is 0.673. The highest BCUT2D eigenvalue weighted by molar-refractivity contribution is 6.30. The van der Waals surface area contributed by atoms with Gasteiger partial charge in [0.05, 0.1) is 6.20 Å². The van der Waals surface area contributed by atoms with Gasteiger partial charge in [0.25, 0.3) is 0 Å². The summed E-state index contributed by atoms with van der Waals surface area (Å²) in [4.78, 5) is 0. The Morgan fingerprint density at radius 1 is 0.952 bits per heavy atom. The molecule has 5 heteroatoms. The minimum absolute atomic E-state index is 0.384. The summed E-state index contributed by atoms with van der Waals surface area (Å²) in [6, 6.07) is 15.1. The highest BCUT2D eigenvalue weighted by atomic mass is 35.5. The number of aromatic nitrogens is 2. The Bertz CT molecular complexity index is 744. The maximum absolute atomic E-state index is 5.89. The molecule has 1 aromatic heterocycles. The van der Waals surface area contributed by atoms with Crippen LogP contribution >= 0.6 is 11.6 Å². The largest absolute Gasteiger partial charge is 0.490 e. The molecule has 0 aliphatic carbocycles. The van der Waals surface area contributed by atoms with Crippen LogP contribution in [0.3, 0.4) is 0 Å². The number of hydrogen-bond donors (Lipinski definition) is 0. The second-order valence-electron chi connectivity index (χ2n) is 4.39. The van der Waals surface area contributed by atoms with Gasteiger partial charge in [-0.05, 0) is 24.3 Å². The Labute approximate surface area is 127 Å². The molecule has 0 N–H and O–H groups in total. The highest BCUT2D eigenvalue weighted by Gasteiger charge is 2.04. The topological polar surface area (TPSA) is 44.2 Å². The van der Waals surface area contributed by atoms with Gasteiger partial charge in [0.15, 0.2) is 0 Å². The molecule has 3 rings (SSSR count). The molecule has 21 heavy (non-hydrogen) atoms. The van der Waals surface area contributed by atoms with E-state index >= 15 is 0 Å². The second kappa shape index (κ2) is 6.41. The van der Waals surface area contributed by atoms with Crippen LogP contribution in [-0.4, -0.2) is 23.4 Å². The lowest BCUT2D eigenvalue weighted by Crippen LogP contribution is -2.10. The summed E-state index contributed by atoms with van der Waals surface area (Å²) in [7, 11) is 0. The molecule has 3 aromatic rings. The summed E-state index contributed by atoms with van der Waals surface area (Å²) in [6.45, 7) is 0.792. The fourth-order valence-corrected chi connectivity index (χ4v) is 2.14. The van der Waals surface area contributed by atoms with Gasteiger partial charge in [0, 0.05) is 15.8 Å². The lowest BCUT2D eigenvalue weighted by molar-refractivity contribution is 0.212.